The van der Waals surface area contributed by atoms with E-state index >= 15 is 0 Å². The number of methoxy groups -OCH3 is 1. The van der Waals surface area contributed by atoms with Gasteiger partial charge in [-0.15, -0.1) is 0 Å². The molecule has 1 unspecified atom stereocenters. The minimum absolute atomic E-state index is 0.157. The fourth-order valence-corrected chi connectivity index (χ4v) is 2.31. The standard InChI is InChI=1S/C9H21NO4S/c1-3-4-7-15(12,13)10-6-5-9(11)8-14-2/h9-11H,3-8H2,1-2H3. The van der Waals surface area contributed by atoms with Crippen LogP contribution in [-0.2, 0) is 14.8 Å². The third kappa shape index (κ3) is 8.80. The Kier molecular flexibility index (Phi) is 7.95. The number of nitrogens with one attached hydrogen (secondary N) is 1. The van der Waals surface area contributed by atoms with Gasteiger partial charge in [0.2, 0.25) is 10.0 Å². The fourth-order valence-electron chi connectivity index (χ4n) is 1.06. The number of hydrogen-bond donors (Lipinski definition) is 2. The zero-order valence-electron chi connectivity index (χ0n) is 9.40. The largest absolute Gasteiger partial charge is 0.391 e. The zero-order valence-corrected chi connectivity index (χ0v) is 10.2. The van der Waals surface area contributed by atoms with Gasteiger partial charge in [-0.25, -0.2) is 13.1 Å². The Hall–Kier alpha value is -0.170. The fraction of sp³-hybridized carbons (Fsp3) is 1.00. The third-order valence-electron chi connectivity index (χ3n) is 1.93. The van der Waals surface area contributed by atoms with E-state index in [1.54, 1.807) is 0 Å². The van der Waals surface area contributed by atoms with Crippen molar-refractivity contribution < 1.29 is 18.3 Å². The maximum Gasteiger partial charge on any atom is 0.211 e. The van der Waals surface area contributed by atoms with Crippen molar-refractivity contribution >= 4 is 10.0 Å². The van der Waals surface area contributed by atoms with Crippen LogP contribution in [0.2, 0.25) is 0 Å². The van der Waals surface area contributed by atoms with Crippen LogP contribution in [0, 0.1) is 0 Å². The number of hydrogen-bond acceptors (Lipinski definition) is 4. The molecule has 2 N–H and O–H groups in total. The molecule has 0 amide bonds. The van der Waals surface area contributed by atoms with Gasteiger partial charge in [0.15, 0.2) is 0 Å². The number of rotatable bonds is 9. The van der Waals surface area contributed by atoms with Crippen LogP contribution in [0.1, 0.15) is 26.2 Å². The number of aliphatic hydroxyl groups excluding tert-OH is 1. The molecule has 92 valence electrons. The lowest BCUT2D eigenvalue weighted by Crippen LogP contribution is -2.30. The summed E-state index contributed by atoms with van der Waals surface area (Å²) in [5.74, 6) is 0.157. The lowest BCUT2D eigenvalue weighted by Gasteiger charge is -2.10. The second-order valence-corrected chi connectivity index (χ2v) is 5.39. The first-order valence-electron chi connectivity index (χ1n) is 5.16. The van der Waals surface area contributed by atoms with Gasteiger partial charge < -0.3 is 9.84 Å². The molecule has 0 aromatic heterocycles. The van der Waals surface area contributed by atoms with Gasteiger partial charge in [0, 0.05) is 13.7 Å². The summed E-state index contributed by atoms with van der Waals surface area (Å²) in [6.45, 7) is 2.44. The van der Waals surface area contributed by atoms with Crippen molar-refractivity contribution in [2.45, 2.75) is 32.3 Å². The molecule has 0 aliphatic heterocycles. The van der Waals surface area contributed by atoms with Gasteiger partial charge in [-0.3, -0.25) is 0 Å². The minimum atomic E-state index is -3.16. The van der Waals surface area contributed by atoms with Crippen molar-refractivity contribution in [2.75, 3.05) is 26.0 Å². The van der Waals surface area contributed by atoms with E-state index in [4.69, 9.17) is 4.74 Å². The van der Waals surface area contributed by atoms with Crippen LogP contribution in [0.5, 0.6) is 0 Å². The summed E-state index contributed by atoms with van der Waals surface area (Å²) in [5.41, 5.74) is 0. The molecular weight excluding hydrogens is 218 g/mol. The average molecular weight is 239 g/mol. The van der Waals surface area contributed by atoms with Crippen molar-refractivity contribution in [3.8, 4) is 0 Å². The SMILES string of the molecule is CCCCS(=O)(=O)NCCC(O)COC. The molecule has 15 heavy (non-hydrogen) atoms. The molecule has 0 fully saturated rings. The van der Waals surface area contributed by atoms with Crippen molar-refractivity contribution in [3.63, 3.8) is 0 Å². The van der Waals surface area contributed by atoms with Crippen molar-refractivity contribution in [3.05, 3.63) is 0 Å². The summed E-state index contributed by atoms with van der Waals surface area (Å²) >= 11 is 0. The molecular formula is C9H21NO4S. The predicted molar refractivity (Wildman–Crippen MR) is 59.2 cm³/mol. The predicted octanol–water partition coefficient (Wildman–Crippen LogP) is 0.103. The highest BCUT2D eigenvalue weighted by Crippen LogP contribution is 1.95. The molecule has 0 saturated carbocycles. The van der Waals surface area contributed by atoms with E-state index in [0.717, 1.165) is 6.42 Å². The first-order chi connectivity index (χ1) is 7.02. The van der Waals surface area contributed by atoms with Crippen LogP contribution >= 0.6 is 0 Å². The summed E-state index contributed by atoms with van der Waals surface area (Å²) < 4.78 is 29.8. The Morgan fingerprint density at radius 1 is 1.47 bits per heavy atom. The van der Waals surface area contributed by atoms with Crippen LogP contribution in [0.25, 0.3) is 0 Å². The number of sulfonamides is 1. The van der Waals surface area contributed by atoms with Gasteiger partial charge in [0.1, 0.15) is 0 Å². The van der Waals surface area contributed by atoms with E-state index in [2.05, 4.69) is 4.72 Å². The van der Waals surface area contributed by atoms with Crippen LogP contribution in [0.15, 0.2) is 0 Å². The third-order valence-corrected chi connectivity index (χ3v) is 3.40. The van der Waals surface area contributed by atoms with Crippen molar-refractivity contribution in [1.82, 2.24) is 4.72 Å². The molecule has 5 nitrogen and oxygen atoms in total. The molecule has 0 heterocycles. The Balaban J connectivity index is 3.65. The molecule has 0 aliphatic carbocycles. The van der Waals surface area contributed by atoms with Gasteiger partial charge in [0.25, 0.3) is 0 Å². The molecule has 0 aromatic rings. The topological polar surface area (TPSA) is 75.6 Å². The Morgan fingerprint density at radius 2 is 2.13 bits per heavy atom. The van der Waals surface area contributed by atoms with Gasteiger partial charge >= 0.3 is 0 Å². The molecule has 0 saturated heterocycles. The zero-order chi connectivity index (χ0) is 11.7. The summed E-state index contributed by atoms with van der Waals surface area (Å²) in [4.78, 5) is 0. The monoisotopic (exact) mass is 239 g/mol. The Bertz CT molecular complexity index is 240. The maximum atomic E-state index is 11.3. The quantitative estimate of drug-likeness (QED) is 0.598. The van der Waals surface area contributed by atoms with Crippen LogP contribution in [0.3, 0.4) is 0 Å². The summed E-state index contributed by atoms with van der Waals surface area (Å²) in [6.07, 6.45) is 1.28. The van der Waals surface area contributed by atoms with E-state index < -0.39 is 16.1 Å². The van der Waals surface area contributed by atoms with E-state index in [9.17, 15) is 13.5 Å². The summed E-state index contributed by atoms with van der Waals surface area (Å²) in [7, 11) is -1.66. The highest BCUT2D eigenvalue weighted by Gasteiger charge is 2.10. The first kappa shape index (κ1) is 14.8. The van der Waals surface area contributed by atoms with E-state index in [-0.39, 0.29) is 18.9 Å². The number of aliphatic hydroxyl groups is 1. The maximum absolute atomic E-state index is 11.3. The lowest BCUT2D eigenvalue weighted by atomic mass is 10.3. The van der Waals surface area contributed by atoms with Gasteiger partial charge in [-0.2, -0.15) is 0 Å². The molecule has 0 radical (unpaired) electrons. The van der Waals surface area contributed by atoms with Gasteiger partial charge in [-0.05, 0) is 12.8 Å². The first-order valence-corrected chi connectivity index (χ1v) is 6.81. The number of unbranched alkanes of at least 4 members (excludes halogenated alkanes) is 1. The molecule has 0 rings (SSSR count). The van der Waals surface area contributed by atoms with Gasteiger partial charge in [0.05, 0.1) is 18.5 Å². The molecule has 0 aliphatic rings. The molecule has 1 atom stereocenters. The van der Waals surface area contributed by atoms with Crippen molar-refractivity contribution in [1.29, 1.82) is 0 Å². The summed E-state index contributed by atoms with van der Waals surface area (Å²) in [5, 5.41) is 9.26. The normalized spacial score (nSPS) is 14.1. The van der Waals surface area contributed by atoms with Gasteiger partial charge in [-0.1, -0.05) is 13.3 Å². The highest BCUT2D eigenvalue weighted by molar-refractivity contribution is 7.89. The van der Waals surface area contributed by atoms with Crippen molar-refractivity contribution in [2.24, 2.45) is 0 Å². The molecule has 0 bridgehead atoms. The van der Waals surface area contributed by atoms with E-state index in [1.807, 2.05) is 6.92 Å². The smallest absolute Gasteiger partial charge is 0.211 e. The summed E-state index contributed by atoms with van der Waals surface area (Å²) in [6, 6.07) is 0. The minimum Gasteiger partial charge on any atom is -0.391 e. The Morgan fingerprint density at radius 3 is 2.67 bits per heavy atom. The Labute approximate surface area is 91.9 Å². The second kappa shape index (κ2) is 8.04. The molecule has 0 aromatic carbocycles. The second-order valence-electron chi connectivity index (χ2n) is 3.46. The average Bonchev–Trinajstić information content (AvgIpc) is 2.15. The number of ether oxygens (including phenoxy) is 1. The van der Waals surface area contributed by atoms with Crippen LogP contribution < -0.4 is 4.72 Å². The lowest BCUT2D eigenvalue weighted by molar-refractivity contribution is 0.0603. The highest BCUT2D eigenvalue weighted by atomic mass is 32.2. The van der Waals surface area contributed by atoms with E-state index in [1.165, 1.54) is 7.11 Å². The molecule has 6 heteroatoms. The van der Waals surface area contributed by atoms with E-state index in [0.29, 0.717) is 12.8 Å². The van der Waals surface area contributed by atoms with Crippen LogP contribution in [0.4, 0.5) is 0 Å². The van der Waals surface area contributed by atoms with Crippen LogP contribution in [-0.4, -0.2) is 45.6 Å². The molecule has 0 spiro atoms.